The van der Waals surface area contributed by atoms with E-state index < -0.39 is 0 Å². The topological polar surface area (TPSA) is 34.9 Å². The molecule has 0 saturated carbocycles. The number of nitrogens with zero attached hydrogens (tertiary/aromatic N) is 2. The van der Waals surface area contributed by atoms with Crippen LogP contribution in [-0.4, -0.2) is 16.1 Å². The van der Waals surface area contributed by atoms with Crippen LogP contribution in [0.1, 0.15) is 48.8 Å². The monoisotopic (exact) mass is 214 g/mol. The first-order chi connectivity index (χ1) is 6.65. The van der Waals surface area contributed by atoms with Crippen molar-refractivity contribution in [3.05, 3.63) is 16.4 Å². The molecule has 1 rings (SSSR count). The Morgan fingerprint density at radius 1 is 1.50 bits per heavy atom. The molecule has 0 unspecified atom stereocenters. The standard InChI is InChI=1S/C10H15ClN2O/c1-4-8(5-2)13-10(11)9(6-14)7(3)12-13/h6,8H,4-5H2,1-3H3. The van der Waals surface area contributed by atoms with Crippen LogP contribution in [0.5, 0.6) is 0 Å². The Morgan fingerprint density at radius 3 is 2.43 bits per heavy atom. The van der Waals surface area contributed by atoms with Gasteiger partial charge in [-0.1, -0.05) is 25.4 Å². The van der Waals surface area contributed by atoms with E-state index in [9.17, 15) is 4.79 Å². The van der Waals surface area contributed by atoms with Crippen molar-refractivity contribution in [1.29, 1.82) is 0 Å². The second-order valence-corrected chi connectivity index (χ2v) is 3.68. The predicted octanol–water partition coefficient (Wildman–Crippen LogP) is 3.02. The molecular formula is C10H15ClN2O. The highest BCUT2D eigenvalue weighted by Gasteiger charge is 2.17. The zero-order valence-corrected chi connectivity index (χ0v) is 9.51. The van der Waals surface area contributed by atoms with Gasteiger partial charge in [-0.3, -0.25) is 4.79 Å². The van der Waals surface area contributed by atoms with E-state index in [0.29, 0.717) is 16.4 Å². The third-order valence-electron chi connectivity index (χ3n) is 2.48. The molecule has 4 heteroatoms. The van der Waals surface area contributed by atoms with E-state index in [1.54, 1.807) is 11.6 Å². The number of hydrogen-bond donors (Lipinski definition) is 0. The quantitative estimate of drug-likeness (QED) is 0.723. The van der Waals surface area contributed by atoms with Crippen molar-refractivity contribution < 1.29 is 4.79 Å². The van der Waals surface area contributed by atoms with Crippen molar-refractivity contribution in [3.63, 3.8) is 0 Å². The second-order valence-electron chi connectivity index (χ2n) is 3.32. The molecule has 14 heavy (non-hydrogen) atoms. The number of rotatable bonds is 4. The number of hydrogen-bond acceptors (Lipinski definition) is 2. The number of halogens is 1. The Kier molecular flexibility index (Phi) is 3.69. The van der Waals surface area contributed by atoms with Crippen LogP contribution in [-0.2, 0) is 0 Å². The molecule has 0 N–H and O–H groups in total. The van der Waals surface area contributed by atoms with Gasteiger partial charge in [-0.25, -0.2) is 4.68 Å². The molecule has 0 aromatic carbocycles. The summed E-state index contributed by atoms with van der Waals surface area (Å²) in [6.07, 6.45) is 2.70. The van der Waals surface area contributed by atoms with Gasteiger partial charge in [0.25, 0.3) is 0 Å². The zero-order valence-electron chi connectivity index (χ0n) is 8.75. The fourth-order valence-electron chi connectivity index (χ4n) is 1.54. The number of aromatic nitrogens is 2. The summed E-state index contributed by atoms with van der Waals surface area (Å²) in [6, 6.07) is 0.287. The number of aldehydes is 1. The average molecular weight is 215 g/mol. The SMILES string of the molecule is CCC(CC)n1nc(C)c(C=O)c1Cl. The van der Waals surface area contributed by atoms with Crippen LogP contribution >= 0.6 is 11.6 Å². The maximum Gasteiger partial charge on any atom is 0.155 e. The third-order valence-corrected chi connectivity index (χ3v) is 2.85. The van der Waals surface area contributed by atoms with Gasteiger partial charge in [0, 0.05) is 0 Å². The Hall–Kier alpha value is -0.830. The average Bonchev–Trinajstić information content (AvgIpc) is 2.45. The first kappa shape index (κ1) is 11.2. The summed E-state index contributed by atoms with van der Waals surface area (Å²) in [4.78, 5) is 10.7. The fourth-order valence-corrected chi connectivity index (χ4v) is 1.90. The van der Waals surface area contributed by atoms with Gasteiger partial charge in [0.1, 0.15) is 5.15 Å². The second kappa shape index (κ2) is 4.60. The van der Waals surface area contributed by atoms with Gasteiger partial charge < -0.3 is 0 Å². The minimum Gasteiger partial charge on any atom is -0.298 e. The molecule has 0 bridgehead atoms. The lowest BCUT2D eigenvalue weighted by atomic mass is 10.2. The first-order valence-corrected chi connectivity index (χ1v) is 5.23. The molecule has 0 spiro atoms. The molecule has 3 nitrogen and oxygen atoms in total. The summed E-state index contributed by atoms with van der Waals surface area (Å²) in [6.45, 7) is 5.97. The Balaban J connectivity index is 3.15. The number of carbonyl (C=O) groups is 1. The normalized spacial score (nSPS) is 10.9. The van der Waals surface area contributed by atoms with E-state index in [-0.39, 0.29) is 6.04 Å². The van der Waals surface area contributed by atoms with E-state index in [2.05, 4.69) is 18.9 Å². The van der Waals surface area contributed by atoms with Crippen molar-refractivity contribution >= 4 is 17.9 Å². The van der Waals surface area contributed by atoms with E-state index in [1.807, 2.05) is 0 Å². The minimum absolute atomic E-state index is 0.287. The largest absolute Gasteiger partial charge is 0.298 e. The Morgan fingerprint density at radius 2 is 2.07 bits per heavy atom. The molecule has 0 amide bonds. The van der Waals surface area contributed by atoms with Gasteiger partial charge in [0.2, 0.25) is 0 Å². The predicted molar refractivity (Wildman–Crippen MR) is 57.0 cm³/mol. The van der Waals surface area contributed by atoms with Crippen LogP contribution in [0.2, 0.25) is 5.15 Å². The molecule has 0 radical (unpaired) electrons. The van der Waals surface area contributed by atoms with Crippen molar-refractivity contribution in [1.82, 2.24) is 9.78 Å². The lowest BCUT2D eigenvalue weighted by molar-refractivity contribution is 0.112. The fraction of sp³-hybridized carbons (Fsp3) is 0.600. The molecule has 0 fully saturated rings. The van der Waals surface area contributed by atoms with Gasteiger partial charge in [-0.15, -0.1) is 0 Å². The minimum atomic E-state index is 0.287. The van der Waals surface area contributed by atoms with Crippen molar-refractivity contribution in [2.24, 2.45) is 0 Å². The zero-order chi connectivity index (χ0) is 10.7. The van der Waals surface area contributed by atoms with Gasteiger partial charge in [0.05, 0.1) is 17.3 Å². The van der Waals surface area contributed by atoms with Crippen LogP contribution < -0.4 is 0 Å². The lowest BCUT2D eigenvalue weighted by Crippen LogP contribution is -2.08. The molecule has 1 aromatic rings. The van der Waals surface area contributed by atoms with Crippen LogP contribution in [0.3, 0.4) is 0 Å². The number of carbonyl (C=O) groups excluding carboxylic acids is 1. The van der Waals surface area contributed by atoms with Crippen LogP contribution in [0.15, 0.2) is 0 Å². The Bertz CT molecular complexity index is 329. The maximum absolute atomic E-state index is 10.7. The van der Waals surface area contributed by atoms with Gasteiger partial charge >= 0.3 is 0 Å². The van der Waals surface area contributed by atoms with E-state index in [0.717, 1.165) is 19.1 Å². The molecule has 0 saturated heterocycles. The summed E-state index contributed by atoms with van der Waals surface area (Å²) in [5.74, 6) is 0. The summed E-state index contributed by atoms with van der Waals surface area (Å²) >= 11 is 6.05. The van der Waals surface area contributed by atoms with Crippen molar-refractivity contribution in [3.8, 4) is 0 Å². The van der Waals surface area contributed by atoms with Crippen molar-refractivity contribution in [2.45, 2.75) is 39.7 Å². The maximum atomic E-state index is 10.7. The molecule has 1 heterocycles. The molecule has 78 valence electrons. The van der Waals surface area contributed by atoms with Crippen LogP contribution in [0.4, 0.5) is 0 Å². The molecular weight excluding hydrogens is 200 g/mol. The highest BCUT2D eigenvalue weighted by atomic mass is 35.5. The molecule has 1 aromatic heterocycles. The van der Waals surface area contributed by atoms with Gasteiger partial charge in [0.15, 0.2) is 6.29 Å². The van der Waals surface area contributed by atoms with Crippen LogP contribution in [0.25, 0.3) is 0 Å². The highest BCUT2D eigenvalue weighted by Crippen LogP contribution is 2.25. The van der Waals surface area contributed by atoms with Crippen molar-refractivity contribution in [2.75, 3.05) is 0 Å². The smallest absolute Gasteiger partial charge is 0.155 e. The molecule has 0 aliphatic carbocycles. The van der Waals surface area contributed by atoms with Gasteiger partial charge in [-0.05, 0) is 19.8 Å². The number of aryl methyl sites for hydroxylation is 1. The summed E-state index contributed by atoms with van der Waals surface area (Å²) in [5.41, 5.74) is 1.22. The third kappa shape index (κ3) is 1.82. The van der Waals surface area contributed by atoms with Crippen LogP contribution in [0, 0.1) is 6.92 Å². The summed E-state index contributed by atoms with van der Waals surface area (Å²) in [5, 5.41) is 4.74. The summed E-state index contributed by atoms with van der Waals surface area (Å²) in [7, 11) is 0. The van der Waals surface area contributed by atoms with E-state index in [4.69, 9.17) is 11.6 Å². The molecule has 0 atom stereocenters. The van der Waals surface area contributed by atoms with E-state index >= 15 is 0 Å². The first-order valence-electron chi connectivity index (χ1n) is 4.85. The van der Waals surface area contributed by atoms with Gasteiger partial charge in [-0.2, -0.15) is 5.10 Å². The summed E-state index contributed by atoms with van der Waals surface area (Å²) < 4.78 is 1.75. The highest BCUT2D eigenvalue weighted by molar-refractivity contribution is 6.32. The molecule has 0 aliphatic rings. The Labute approximate surface area is 89.1 Å². The van der Waals surface area contributed by atoms with E-state index in [1.165, 1.54) is 0 Å². The molecule has 0 aliphatic heterocycles. The lowest BCUT2D eigenvalue weighted by Gasteiger charge is -2.13.